The summed E-state index contributed by atoms with van der Waals surface area (Å²) in [7, 11) is 4.15. The number of anilines is 2. The van der Waals surface area contributed by atoms with E-state index in [1.165, 1.54) is 22.5 Å². The van der Waals surface area contributed by atoms with Crippen LogP contribution in [0, 0.1) is 0 Å². The van der Waals surface area contributed by atoms with Gasteiger partial charge in [0.05, 0.1) is 0 Å². The molecule has 1 heterocycles. The van der Waals surface area contributed by atoms with Crippen LogP contribution in [-0.4, -0.2) is 27.2 Å². The first-order valence-electron chi connectivity index (χ1n) is 7.54. The lowest BCUT2D eigenvalue weighted by molar-refractivity contribution is 0.688. The van der Waals surface area contributed by atoms with Gasteiger partial charge in [0.25, 0.3) is 0 Å². The Morgan fingerprint density at radius 3 is 2.57 bits per heavy atom. The minimum Gasteiger partial charge on any atom is -0.378 e. The molecule has 0 radical (unpaired) electrons. The standard InChI is InChI=1S/C18H23N3/c1-20(2)17-9-7-15(8-10-17)14-21-12-11-19-13-16-5-3-4-6-18(16)21/h3-10,19H,11-14H2,1-2H3. The Morgan fingerprint density at radius 1 is 1.05 bits per heavy atom. The van der Waals surface area contributed by atoms with Gasteiger partial charge >= 0.3 is 0 Å². The molecule has 2 aromatic rings. The van der Waals surface area contributed by atoms with Crippen molar-refractivity contribution in [2.45, 2.75) is 13.1 Å². The summed E-state index contributed by atoms with van der Waals surface area (Å²) in [6.07, 6.45) is 0. The predicted molar refractivity (Wildman–Crippen MR) is 90.0 cm³/mol. The number of hydrogen-bond donors (Lipinski definition) is 1. The maximum Gasteiger partial charge on any atom is 0.0430 e. The van der Waals surface area contributed by atoms with Gasteiger partial charge in [0.1, 0.15) is 0 Å². The number of nitrogens with one attached hydrogen (secondary N) is 1. The van der Waals surface area contributed by atoms with E-state index in [0.29, 0.717) is 0 Å². The molecule has 0 amide bonds. The molecule has 0 spiro atoms. The van der Waals surface area contributed by atoms with Gasteiger partial charge < -0.3 is 15.1 Å². The van der Waals surface area contributed by atoms with Crippen LogP contribution < -0.4 is 15.1 Å². The van der Waals surface area contributed by atoms with E-state index in [-0.39, 0.29) is 0 Å². The first kappa shape index (κ1) is 14.0. The third kappa shape index (κ3) is 3.19. The second-order valence-corrected chi connectivity index (χ2v) is 5.79. The number of para-hydroxylation sites is 1. The lowest BCUT2D eigenvalue weighted by atomic mass is 10.1. The van der Waals surface area contributed by atoms with Crippen LogP contribution in [0.15, 0.2) is 48.5 Å². The van der Waals surface area contributed by atoms with Crippen LogP contribution in [0.25, 0.3) is 0 Å². The summed E-state index contributed by atoms with van der Waals surface area (Å²) >= 11 is 0. The molecule has 110 valence electrons. The summed E-state index contributed by atoms with van der Waals surface area (Å²) in [5.41, 5.74) is 5.35. The van der Waals surface area contributed by atoms with Crippen molar-refractivity contribution in [2.24, 2.45) is 0 Å². The first-order valence-corrected chi connectivity index (χ1v) is 7.54. The zero-order valence-corrected chi connectivity index (χ0v) is 12.8. The zero-order valence-electron chi connectivity index (χ0n) is 12.8. The van der Waals surface area contributed by atoms with Crippen molar-refractivity contribution in [3.05, 3.63) is 59.7 Å². The van der Waals surface area contributed by atoms with Crippen molar-refractivity contribution in [1.82, 2.24) is 5.32 Å². The lowest BCUT2D eigenvalue weighted by Crippen LogP contribution is -2.28. The molecule has 1 N–H and O–H groups in total. The van der Waals surface area contributed by atoms with Crippen LogP contribution in [0.3, 0.4) is 0 Å². The normalized spacial score (nSPS) is 14.5. The SMILES string of the molecule is CN(C)c1ccc(CN2CCNCc3ccccc32)cc1. The molecule has 3 nitrogen and oxygen atoms in total. The van der Waals surface area contributed by atoms with Gasteiger partial charge in [-0.2, -0.15) is 0 Å². The van der Waals surface area contributed by atoms with Gasteiger partial charge in [-0.1, -0.05) is 30.3 Å². The van der Waals surface area contributed by atoms with Crippen LogP contribution in [0.5, 0.6) is 0 Å². The molecule has 1 aliphatic rings. The lowest BCUT2D eigenvalue weighted by Gasteiger charge is -2.25. The molecule has 0 saturated carbocycles. The molecule has 0 bridgehead atoms. The number of hydrogen-bond acceptors (Lipinski definition) is 3. The van der Waals surface area contributed by atoms with Crippen LogP contribution >= 0.6 is 0 Å². The van der Waals surface area contributed by atoms with E-state index in [9.17, 15) is 0 Å². The summed E-state index contributed by atoms with van der Waals surface area (Å²) < 4.78 is 0. The number of rotatable bonds is 3. The number of fused-ring (bicyclic) bond motifs is 1. The van der Waals surface area contributed by atoms with Crippen molar-refractivity contribution in [1.29, 1.82) is 0 Å². The number of benzene rings is 2. The molecule has 0 unspecified atom stereocenters. The zero-order chi connectivity index (χ0) is 14.7. The smallest absolute Gasteiger partial charge is 0.0430 e. The Balaban J connectivity index is 1.81. The van der Waals surface area contributed by atoms with Crippen LogP contribution in [-0.2, 0) is 13.1 Å². The predicted octanol–water partition coefficient (Wildman–Crippen LogP) is 2.86. The molecular weight excluding hydrogens is 258 g/mol. The summed E-state index contributed by atoms with van der Waals surface area (Å²) in [5.74, 6) is 0. The Morgan fingerprint density at radius 2 is 1.81 bits per heavy atom. The molecular formula is C18H23N3. The van der Waals surface area contributed by atoms with Crippen molar-refractivity contribution >= 4 is 11.4 Å². The molecule has 2 aromatic carbocycles. The monoisotopic (exact) mass is 281 g/mol. The fourth-order valence-electron chi connectivity index (χ4n) is 2.81. The highest BCUT2D eigenvalue weighted by Crippen LogP contribution is 2.24. The first-order chi connectivity index (χ1) is 10.2. The molecule has 0 aliphatic carbocycles. The van der Waals surface area contributed by atoms with Gasteiger partial charge in [-0.3, -0.25) is 0 Å². The van der Waals surface area contributed by atoms with E-state index in [1.54, 1.807) is 0 Å². The van der Waals surface area contributed by atoms with E-state index in [2.05, 4.69) is 77.7 Å². The maximum atomic E-state index is 3.49. The van der Waals surface area contributed by atoms with Crippen LogP contribution in [0.4, 0.5) is 11.4 Å². The van der Waals surface area contributed by atoms with E-state index in [4.69, 9.17) is 0 Å². The van der Waals surface area contributed by atoms with E-state index < -0.39 is 0 Å². The fraction of sp³-hybridized carbons (Fsp3) is 0.333. The molecule has 0 atom stereocenters. The number of nitrogens with zero attached hydrogens (tertiary/aromatic N) is 2. The van der Waals surface area contributed by atoms with E-state index >= 15 is 0 Å². The molecule has 0 aromatic heterocycles. The maximum absolute atomic E-state index is 3.49. The second-order valence-electron chi connectivity index (χ2n) is 5.79. The van der Waals surface area contributed by atoms with Gasteiger partial charge in [-0.05, 0) is 29.3 Å². The quantitative estimate of drug-likeness (QED) is 0.933. The Hall–Kier alpha value is -2.00. The Kier molecular flexibility index (Phi) is 4.11. The van der Waals surface area contributed by atoms with E-state index in [1.807, 2.05) is 0 Å². The van der Waals surface area contributed by atoms with Gasteiger partial charge in [0.15, 0.2) is 0 Å². The summed E-state index contributed by atoms with van der Waals surface area (Å²) in [6, 6.07) is 17.6. The molecule has 3 heteroatoms. The highest BCUT2D eigenvalue weighted by atomic mass is 15.2. The fourth-order valence-corrected chi connectivity index (χ4v) is 2.81. The van der Waals surface area contributed by atoms with Gasteiger partial charge in [0.2, 0.25) is 0 Å². The third-order valence-electron chi connectivity index (χ3n) is 4.03. The average molecular weight is 281 g/mol. The van der Waals surface area contributed by atoms with Crippen LogP contribution in [0.2, 0.25) is 0 Å². The van der Waals surface area contributed by atoms with Gasteiger partial charge in [-0.15, -0.1) is 0 Å². The summed E-state index contributed by atoms with van der Waals surface area (Å²) in [5, 5.41) is 3.49. The van der Waals surface area contributed by atoms with E-state index in [0.717, 1.165) is 26.2 Å². The molecule has 21 heavy (non-hydrogen) atoms. The minimum atomic E-state index is 0.965. The minimum absolute atomic E-state index is 0.965. The highest BCUT2D eigenvalue weighted by molar-refractivity contribution is 5.55. The second kappa shape index (κ2) is 6.19. The average Bonchev–Trinajstić information content (AvgIpc) is 2.71. The summed E-state index contributed by atoms with van der Waals surface area (Å²) in [6.45, 7) is 4.01. The molecule has 0 fully saturated rings. The van der Waals surface area contributed by atoms with Gasteiger partial charge in [-0.25, -0.2) is 0 Å². The molecule has 1 aliphatic heterocycles. The van der Waals surface area contributed by atoms with Crippen molar-refractivity contribution in [3.63, 3.8) is 0 Å². The topological polar surface area (TPSA) is 18.5 Å². The largest absolute Gasteiger partial charge is 0.378 e. The summed E-state index contributed by atoms with van der Waals surface area (Å²) in [4.78, 5) is 4.61. The van der Waals surface area contributed by atoms with Crippen LogP contribution in [0.1, 0.15) is 11.1 Å². The Labute approximate surface area is 127 Å². The van der Waals surface area contributed by atoms with Crippen molar-refractivity contribution in [3.8, 4) is 0 Å². The van der Waals surface area contributed by atoms with Crippen molar-refractivity contribution < 1.29 is 0 Å². The molecule has 3 rings (SSSR count). The third-order valence-corrected chi connectivity index (χ3v) is 4.03. The molecule has 0 saturated heterocycles. The Bertz CT molecular complexity index is 590. The highest BCUT2D eigenvalue weighted by Gasteiger charge is 2.14. The van der Waals surface area contributed by atoms with Crippen molar-refractivity contribution in [2.75, 3.05) is 37.0 Å². The van der Waals surface area contributed by atoms with Gasteiger partial charge in [0, 0.05) is 51.6 Å².